The number of thiocarbonyl (C=S) groups is 1. The largest absolute Gasteiger partial charge is 0.508 e. The molecule has 0 aliphatic carbocycles. The van der Waals surface area contributed by atoms with Gasteiger partial charge in [0.1, 0.15) is 5.75 Å². The van der Waals surface area contributed by atoms with Crippen molar-refractivity contribution in [2.24, 2.45) is 0 Å². The first-order chi connectivity index (χ1) is 6.22. The number of amides is 1. The molecular formula is C9H9NO2S. The minimum Gasteiger partial charge on any atom is -0.508 e. The van der Waals surface area contributed by atoms with Gasteiger partial charge in [-0.25, -0.2) is 0 Å². The molecule has 0 bridgehead atoms. The minimum absolute atomic E-state index is 0.213. The van der Waals surface area contributed by atoms with Crippen LogP contribution in [-0.4, -0.2) is 16.4 Å². The van der Waals surface area contributed by atoms with E-state index in [1.54, 1.807) is 24.3 Å². The zero-order valence-electron chi connectivity index (χ0n) is 6.86. The zero-order valence-corrected chi connectivity index (χ0v) is 7.67. The van der Waals surface area contributed by atoms with Crippen LogP contribution in [-0.2, 0) is 11.3 Å². The molecule has 0 aromatic heterocycles. The summed E-state index contributed by atoms with van der Waals surface area (Å²) in [5, 5.41) is 12.6. The van der Waals surface area contributed by atoms with Gasteiger partial charge in [-0.1, -0.05) is 24.4 Å². The maximum atomic E-state index is 10.7. The number of carbonyl (C=O) groups is 1. The molecule has 0 radical (unpaired) electrons. The number of benzene rings is 1. The summed E-state index contributed by atoms with van der Waals surface area (Å²) >= 11 is 4.43. The number of hydrogen-bond donors (Lipinski definition) is 2. The fraction of sp³-hybridized carbons (Fsp3) is 0.111. The Morgan fingerprint density at radius 2 is 2.08 bits per heavy atom. The lowest BCUT2D eigenvalue weighted by Gasteiger charge is -2.01. The molecule has 0 unspecified atom stereocenters. The van der Waals surface area contributed by atoms with Crippen molar-refractivity contribution in [2.75, 3.05) is 0 Å². The van der Waals surface area contributed by atoms with Crippen molar-refractivity contribution in [3.8, 4) is 5.75 Å². The van der Waals surface area contributed by atoms with Gasteiger partial charge in [-0.3, -0.25) is 4.79 Å². The van der Waals surface area contributed by atoms with Gasteiger partial charge in [-0.05, 0) is 17.7 Å². The number of rotatable bonds is 3. The Morgan fingerprint density at radius 3 is 2.62 bits per heavy atom. The van der Waals surface area contributed by atoms with Gasteiger partial charge in [0.15, 0.2) is 0 Å². The highest BCUT2D eigenvalue weighted by Gasteiger charge is 1.95. The molecule has 3 nitrogen and oxygen atoms in total. The molecule has 0 atom stereocenters. The van der Waals surface area contributed by atoms with Crippen LogP contribution in [0.3, 0.4) is 0 Å². The van der Waals surface area contributed by atoms with Crippen LogP contribution in [0.25, 0.3) is 0 Å². The third-order valence-electron chi connectivity index (χ3n) is 1.51. The van der Waals surface area contributed by atoms with Crippen LogP contribution in [0.5, 0.6) is 5.75 Å². The smallest absolute Gasteiger partial charge is 0.255 e. The molecule has 0 saturated heterocycles. The Balaban J connectivity index is 2.50. The van der Waals surface area contributed by atoms with Crippen molar-refractivity contribution in [3.05, 3.63) is 29.8 Å². The van der Waals surface area contributed by atoms with Crippen LogP contribution in [0.15, 0.2) is 24.3 Å². The van der Waals surface area contributed by atoms with E-state index in [-0.39, 0.29) is 11.7 Å². The van der Waals surface area contributed by atoms with E-state index in [1.165, 1.54) is 0 Å². The summed E-state index contributed by atoms with van der Waals surface area (Å²) in [6, 6.07) is 6.61. The molecule has 1 rings (SSSR count). The first-order valence-electron chi connectivity index (χ1n) is 3.73. The van der Waals surface area contributed by atoms with Crippen molar-refractivity contribution < 1.29 is 9.90 Å². The average Bonchev–Trinajstić information content (AvgIpc) is 2.16. The third kappa shape index (κ3) is 3.21. The lowest BCUT2D eigenvalue weighted by Crippen LogP contribution is -2.22. The van der Waals surface area contributed by atoms with Crippen molar-refractivity contribution >= 4 is 23.5 Å². The highest BCUT2D eigenvalue weighted by molar-refractivity contribution is 7.80. The van der Waals surface area contributed by atoms with Crippen molar-refractivity contribution in [3.63, 3.8) is 0 Å². The van der Waals surface area contributed by atoms with Crippen LogP contribution in [0.2, 0.25) is 0 Å². The van der Waals surface area contributed by atoms with Crippen molar-refractivity contribution in [2.45, 2.75) is 6.54 Å². The molecule has 4 heteroatoms. The second kappa shape index (κ2) is 4.57. The van der Waals surface area contributed by atoms with Gasteiger partial charge in [0.05, 0.1) is 5.37 Å². The van der Waals surface area contributed by atoms with E-state index in [0.717, 1.165) is 10.9 Å². The van der Waals surface area contributed by atoms with Crippen LogP contribution >= 0.6 is 12.2 Å². The highest BCUT2D eigenvalue weighted by atomic mass is 32.1. The summed E-state index contributed by atoms with van der Waals surface area (Å²) in [6.45, 7) is 0.423. The molecule has 68 valence electrons. The fourth-order valence-corrected chi connectivity index (χ4v) is 0.928. The SMILES string of the molecule is O=C(C=S)NCc1ccc(O)cc1. The van der Waals surface area contributed by atoms with Crippen LogP contribution in [0.4, 0.5) is 0 Å². The summed E-state index contributed by atoms with van der Waals surface area (Å²) in [7, 11) is 0. The predicted molar refractivity (Wildman–Crippen MR) is 53.6 cm³/mol. The Hall–Kier alpha value is -1.42. The first kappa shape index (κ1) is 9.67. The summed E-state index contributed by atoms with van der Waals surface area (Å²) < 4.78 is 0. The molecule has 0 aliphatic rings. The molecule has 1 aromatic rings. The number of phenolic OH excluding ortho intramolecular Hbond substituents is 1. The van der Waals surface area contributed by atoms with Gasteiger partial charge in [0.2, 0.25) is 0 Å². The molecule has 0 saturated carbocycles. The normalized spacial score (nSPS) is 9.23. The van der Waals surface area contributed by atoms with E-state index in [0.29, 0.717) is 6.54 Å². The molecule has 0 aliphatic heterocycles. The van der Waals surface area contributed by atoms with Crippen LogP contribution in [0, 0.1) is 0 Å². The van der Waals surface area contributed by atoms with E-state index in [9.17, 15) is 4.79 Å². The monoisotopic (exact) mass is 195 g/mol. The average molecular weight is 195 g/mol. The topological polar surface area (TPSA) is 49.3 Å². The molecule has 1 amide bonds. The van der Waals surface area contributed by atoms with E-state index in [2.05, 4.69) is 17.5 Å². The zero-order chi connectivity index (χ0) is 9.68. The molecule has 0 fully saturated rings. The Kier molecular flexibility index (Phi) is 3.40. The quantitative estimate of drug-likeness (QED) is 0.708. The fourth-order valence-electron chi connectivity index (χ4n) is 0.845. The minimum atomic E-state index is -0.275. The number of hydrogen-bond acceptors (Lipinski definition) is 3. The van der Waals surface area contributed by atoms with Gasteiger partial charge in [0.25, 0.3) is 5.91 Å². The Labute approximate surface area is 81.4 Å². The standard InChI is InChI=1S/C9H9NO2S/c11-8-3-1-7(2-4-8)5-10-9(12)6-13/h1-4,6,11H,5H2,(H,10,12). The van der Waals surface area contributed by atoms with Gasteiger partial charge in [-0.15, -0.1) is 0 Å². The number of nitrogens with one attached hydrogen (secondary N) is 1. The molecule has 1 aromatic carbocycles. The summed E-state index contributed by atoms with van der Waals surface area (Å²) in [5.41, 5.74) is 0.919. The van der Waals surface area contributed by atoms with Gasteiger partial charge < -0.3 is 10.4 Å². The third-order valence-corrected chi connectivity index (χ3v) is 1.72. The predicted octanol–water partition coefficient (Wildman–Crippen LogP) is 1.01. The van der Waals surface area contributed by atoms with Crippen molar-refractivity contribution in [1.82, 2.24) is 5.32 Å². The number of carbonyl (C=O) groups excluding carboxylic acids is 1. The van der Waals surface area contributed by atoms with Crippen molar-refractivity contribution in [1.29, 1.82) is 0 Å². The molecule has 0 heterocycles. The van der Waals surface area contributed by atoms with E-state index < -0.39 is 0 Å². The second-order valence-corrected chi connectivity index (χ2v) is 2.74. The molecule has 0 spiro atoms. The van der Waals surface area contributed by atoms with Gasteiger partial charge in [-0.2, -0.15) is 0 Å². The Morgan fingerprint density at radius 1 is 1.46 bits per heavy atom. The molecular weight excluding hydrogens is 186 g/mol. The van der Waals surface area contributed by atoms with Gasteiger partial charge in [0, 0.05) is 6.54 Å². The van der Waals surface area contributed by atoms with E-state index in [4.69, 9.17) is 5.11 Å². The number of aromatic hydroxyl groups is 1. The van der Waals surface area contributed by atoms with E-state index >= 15 is 0 Å². The lowest BCUT2D eigenvalue weighted by atomic mass is 10.2. The first-order valence-corrected chi connectivity index (χ1v) is 4.20. The lowest BCUT2D eigenvalue weighted by molar-refractivity contribution is -0.114. The second-order valence-electron chi connectivity index (χ2n) is 2.50. The van der Waals surface area contributed by atoms with Crippen LogP contribution in [0.1, 0.15) is 5.56 Å². The maximum absolute atomic E-state index is 10.7. The Bertz CT molecular complexity index is 308. The highest BCUT2D eigenvalue weighted by Crippen LogP contribution is 2.08. The van der Waals surface area contributed by atoms with E-state index in [1.807, 2.05) is 0 Å². The summed E-state index contributed by atoms with van der Waals surface area (Å²) in [6.07, 6.45) is 0. The van der Waals surface area contributed by atoms with Crippen LogP contribution < -0.4 is 5.32 Å². The molecule has 13 heavy (non-hydrogen) atoms. The van der Waals surface area contributed by atoms with Gasteiger partial charge >= 0.3 is 0 Å². The number of phenols is 1. The molecule has 2 N–H and O–H groups in total. The maximum Gasteiger partial charge on any atom is 0.255 e. The summed E-state index contributed by atoms with van der Waals surface area (Å²) in [4.78, 5) is 10.7. The summed E-state index contributed by atoms with van der Waals surface area (Å²) in [5.74, 6) is -0.0621.